The van der Waals surface area contributed by atoms with Gasteiger partial charge in [0.1, 0.15) is 18.7 Å². The molecule has 2 aromatic rings. The SMILES string of the molecule is CC#CCC(NC(=O)[C@H](CC1CC1)NC(=O)OCC1c2ccccc2-c2ccccc21)C(=O)O. The Kier molecular flexibility index (Phi) is 7.17. The second-order valence-corrected chi connectivity index (χ2v) is 8.73. The fourth-order valence-corrected chi connectivity index (χ4v) is 4.38. The van der Waals surface area contributed by atoms with E-state index in [1.165, 1.54) is 0 Å². The number of aliphatic carboxylic acids is 1. The number of rotatable bonds is 9. The van der Waals surface area contributed by atoms with Gasteiger partial charge in [-0.1, -0.05) is 61.4 Å². The number of hydrogen-bond donors (Lipinski definition) is 3. The normalized spacial score (nSPS) is 15.7. The number of fused-ring (bicyclic) bond motifs is 3. The molecule has 2 amide bonds. The summed E-state index contributed by atoms with van der Waals surface area (Å²) in [5.74, 6) is 3.86. The minimum Gasteiger partial charge on any atom is -0.480 e. The van der Waals surface area contributed by atoms with E-state index in [1.54, 1.807) is 6.92 Å². The molecule has 34 heavy (non-hydrogen) atoms. The fourth-order valence-electron chi connectivity index (χ4n) is 4.38. The van der Waals surface area contributed by atoms with Gasteiger partial charge in [0, 0.05) is 12.3 Å². The highest BCUT2D eigenvalue weighted by Crippen LogP contribution is 2.44. The molecule has 2 aromatic carbocycles. The molecule has 2 atom stereocenters. The zero-order valence-corrected chi connectivity index (χ0v) is 19.0. The summed E-state index contributed by atoms with van der Waals surface area (Å²) in [6, 6.07) is 14.1. The molecule has 0 saturated heterocycles. The first-order chi connectivity index (χ1) is 16.5. The number of amides is 2. The van der Waals surface area contributed by atoms with Crippen molar-refractivity contribution in [1.82, 2.24) is 10.6 Å². The van der Waals surface area contributed by atoms with E-state index in [1.807, 2.05) is 36.4 Å². The first kappa shape index (κ1) is 23.4. The lowest BCUT2D eigenvalue weighted by Crippen LogP contribution is -2.51. The van der Waals surface area contributed by atoms with Crippen molar-refractivity contribution in [3.05, 3.63) is 59.7 Å². The molecule has 0 radical (unpaired) electrons. The monoisotopic (exact) mass is 460 g/mol. The van der Waals surface area contributed by atoms with Gasteiger partial charge in [-0.05, 0) is 41.5 Å². The minimum atomic E-state index is -1.16. The largest absolute Gasteiger partial charge is 0.480 e. The van der Waals surface area contributed by atoms with Crippen molar-refractivity contribution in [3.63, 3.8) is 0 Å². The van der Waals surface area contributed by atoms with Gasteiger partial charge in [0.2, 0.25) is 5.91 Å². The lowest BCUT2D eigenvalue weighted by molar-refractivity contribution is -0.142. The Morgan fingerprint density at radius 1 is 1.00 bits per heavy atom. The Bertz CT molecular complexity index is 1100. The van der Waals surface area contributed by atoms with Crippen LogP contribution in [-0.4, -0.2) is 41.8 Å². The van der Waals surface area contributed by atoms with E-state index in [2.05, 4.69) is 34.6 Å². The fraction of sp³-hybridized carbons (Fsp3) is 0.370. The summed E-state index contributed by atoms with van der Waals surface area (Å²) in [7, 11) is 0. The van der Waals surface area contributed by atoms with Crippen LogP contribution in [-0.2, 0) is 14.3 Å². The Hall–Kier alpha value is -3.79. The van der Waals surface area contributed by atoms with E-state index in [0.717, 1.165) is 35.1 Å². The van der Waals surface area contributed by atoms with Gasteiger partial charge in [-0.3, -0.25) is 4.79 Å². The lowest BCUT2D eigenvalue weighted by Gasteiger charge is -2.21. The highest BCUT2D eigenvalue weighted by atomic mass is 16.5. The molecular weight excluding hydrogens is 432 g/mol. The predicted molar refractivity (Wildman–Crippen MR) is 127 cm³/mol. The molecular formula is C27H28N2O5. The number of carboxylic acid groups (broad SMARTS) is 1. The van der Waals surface area contributed by atoms with Crippen molar-refractivity contribution in [2.45, 2.75) is 50.6 Å². The molecule has 1 saturated carbocycles. The number of carbonyl (C=O) groups excluding carboxylic acids is 2. The molecule has 0 bridgehead atoms. The second-order valence-electron chi connectivity index (χ2n) is 8.73. The quantitative estimate of drug-likeness (QED) is 0.495. The maximum absolute atomic E-state index is 12.8. The number of alkyl carbamates (subject to hydrolysis) is 1. The molecule has 176 valence electrons. The van der Waals surface area contributed by atoms with Crippen molar-refractivity contribution in [3.8, 4) is 23.0 Å². The van der Waals surface area contributed by atoms with Gasteiger partial charge in [-0.2, -0.15) is 0 Å². The van der Waals surface area contributed by atoms with Gasteiger partial charge in [0.05, 0.1) is 0 Å². The van der Waals surface area contributed by atoms with E-state index in [-0.39, 0.29) is 18.9 Å². The van der Waals surface area contributed by atoms with Gasteiger partial charge in [0.15, 0.2) is 0 Å². The van der Waals surface area contributed by atoms with Crippen molar-refractivity contribution < 1.29 is 24.2 Å². The van der Waals surface area contributed by atoms with Crippen LogP contribution in [0.2, 0.25) is 0 Å². The van der Waals surface area contributed by atoms with E-state index in [4.69, 9.17) is 4.74 Å². The Balaban J connectivity index is 1.40. The Morgan fingerprint density at radius 3 is 2.18 bits per heavy atom. The van der Waals surface area contributed by atoms with E-state index in [0.29, 0.717) is 12.3 Å². The number of benzene rings is 2. The highest BCUT2D eigenvalue weighted by molar-refractivity contribution is 5.89. The third-order valence-electron chi connectivity index (χ3n) is 6.32. The van der Waals surface area contributed by atoms with Crippen LogP contribution in [0.15, 0.2) is 48.5 Å². The van der Waals surface area contributed by atoms with Crippen LogP contribution in [0, 0.1) is 17.8 Å². The maximum Gasteiger partial charge on any atom is 0.407 e. The Labute approximate surface area is 198 Å². The summed E-state index contributed by atoms with van der Waals surface area (Å²) in [4.78, 5) is 37.0. The van der Waals surface area contributed by atoms with Gasteiger partial charge < -0.3 is 20.5 Å². The Morgan fingerprint density at radius 2 is 1.62 bits per heavy atom. The molecule has 1 fully saturated rings. The predicted octanol–water partition coefficient (Wildman–Crippen LogP) is 3.68. The van der Waals surface area contributed by atoms with E-state index in [9.17, 15) is 19.5 Å². The van der Waals surface area contributed by atoms with E-state index < -0.39 is 30.1 Å². The number of ether oxygens (including phenoxy) is 1. The van der Waals surface area contributed by atoms with Crippen molar-refractivity contribution >= 4 is 18.0 Å². The van der Waals surface area contributed by atoms with Crippen LogP contribution < -0.4 is 10.6 Å². The molecule has 1 unspecified atom stereocenters. The van der Waals surface area contributed by atoms with Gasteiger partial charge in [-0.25, -0.2) is 9.59 Å². The average molecular weight is 461 g/mol. The van der Waals surface area contributed by atoms with Crippen LogP contribution in [0.25, 0.3) is 11.1 Å². The summed E-state index contributed by atoms with van der Waals surface area (Å²) in [6.45, 7) is 1.75. The highest BCUT2D eigenvalue weighted by Gasteiger charge is 2.33. The van der Waals surface area contributed by atoms with E-state index >= 15 is 0 Å². The second kappa shape index (κ2) is 10.4. The molecule has 3 N–H and O–H groups in total. The third kappa shape index (κ3) is 5.40. The van der Waals surface area contributed by atoms with Crippen molar-refractivity contribution in [2.75, 3.05) is 6.61 Å². The molecule has 0 heterocycles. The number of carbonyl (C=O) groups is 3. The van der Waals surface area contributed by atoms with Crippen LogP contribution in [0.3, 0.4) is 0 Å². The molecule has 0 aliphatic heterocycles. The summed E-state index contributed by atoms with van der Waals surface area (Å²) >= 11 is 0. The molecule has 0 aromatic heterocycles. The molecule has 7 nitrogen and oxygen atoms in total. The van der Waals surface area contributed by atoms with Gasteiger partial charge in [-0.15, -0.1) is 11.8 Å². The smallest absolute Gasteiger partial charge is 0.407 e. The van der Waals surface area contributed by atoms with Gasteiger partial charge in [0.25, 0.3) is 0 Å². The first-order valence-electron chi connectivity index (χ1n) is 11.5. The first-order valence-corrected chi connectivity index (χ1v) is 11.5. The summed E-state index contributed by atoms with van der Waals surface area (Å²) in [5.41, 5.74) is 4.47. The zero-order valence-electron chi connectivity index (χ0n) is 19.0. The summed E-state index contributed by atoms with van der Waals surface area (Å²) in [5, 5.41) is 14.5. The number of carboxylic acids is 1. The summed E-state index contributed by atoms with van der Waals surface area (Å²) in [6.07, 6.45) is 1.73. The zero-order chi connectivity index (χ0) is 24.1. The van der Waals surface area contributed by atoms with Crippen molar-refractivity contribution in [2.24, 2.45) is 5.92 Å². The number of hydrogen-bond acceptors (Lipinski definition) is 4. The van der Waals surface area contributed by atoms with Crippen molar-refractivity contribution in [1.29, 1.82) is 0 Å². The molecule has 0 spiro atoms. The topological polar surface area (TPSA) is 105 Å². The molecule has 2 aliphatic rings. The molecule has 4 rings (SSSR count). The van der Waals surface area contributed by atoms with Crippen LogP contribution in [0.1, 0.15) is 49.7 Å². The standard InChI is InChI=1S/C27H28N2O5/c1-2-3-12-23(26(31)32)28-25(30)24(15-17-13-14-17)29-27(33)34-16-22-20-10-6-4-8-18(20)19-9-5-7-11-21(19)22/h4-11,17,22-24H,12-16H2,1H3,(H,28,30)(H,29,33)(H,31,32)/t23?,24-/m0/s1. The molecule has 2 aliphatic carbocycles. The van der Waals surface area contributed by atoms with Gasteiger partial charge >= 0.3 is 12.1 Å². The van der Waals surface area contributed by atoms with Crippen LogP contribution in [0.4, 0.5) is 4.79 Å². The lowest BCUT2D eigenvalue weighted by atomic mass is 9.98. The maximum atomic E-state index is 12.8. The van der Waals surface area contributed by atoms with Crippen LogP contribution in [0.5, 0.6) is 0 Å². The molecule has 7 heteroatoms. The summed E-state index contributed by atoms with van der Waals surface area (Å²) < 4.78 is 5.57. The minimum absolute atomic E-state index is 0.00132. The number of nitrogens with one attached hydrogen (secondary N) is 2. The average Bonchev–Trinajstić information content (AvgIpc) is 3.60. The van der Waals surface area contributed by atoms with Crippen LogP contribution >= 0.6 is 0 Å². The third-order valence-corrected chi connectivity index (χ3v) is 6.32.